The number of hydrogen-bond donors (Lipinski definition) is 2. The van der Waals surface area contributed by atoms with Gasteiger partial charge in [0.25, 0.3) is 0 Å². The van der Waals surface area contributed by atoms with Crippen molar-refractivity contribution in [2.45, 2.75) is 51.2 Å². The number of rotatable bonds is 6. The molecule has 0 radical (unpaired) electrons. The van der Waals surface area contributed by atoms with Crippen LogP contribution >= 0.6 is 0 Å². The fourth-order valence-corrected chi connectivity index (χ4v) is 3.66. The predicted molar refractivity (Wildman–Crippen MR) is 102 cm³/mol. The second-order valence-corrected chi connectivity index (χ2v) is 7.08. The van der Waals surface area contributed by atoms with Crippen LogP contribution in [-0.2, 0) is 11.2 Å². The molecular formula is C20H25N5O. The van der Waals surface area contributed by atoms with E-state index in [-0.39, 0.29) is 0 Å². The third-order valence-electron chi connectivity index (χ3n) is 5.09. The van der Waals surface area contributed by atoms with E-state index in [1.54, 1.807) is 12.5 Å². The summed E-state index contributed by atoms with van der Waals surface area (Å²) in [6.45, 7) is 2.93. The topological polar surface area (TPSA) is 75.7 Å². The Morgan fingerprint density at radius 2 is 2.08 bits per heavy atom. The molecule has 3 aromatic rings. The zero-order chi connectivity index (χ0) is 17.8. The molecule has 1 aliphatic carbocycles. The quantitative estimate of drug-likeness (QED) is 0.709. The van der Waals surface area contributed by atoms with E-state index in [4.69, 9.17) is 4.74 Å². The monoisotopic (exact) mass is 351 g/mol. The van der Waals surface area contributed by atoms with Gasteiger partial charge in [0.2, 0.25) is 0 Å². The van der Waals surface area contributed by atoms with Gasteiger partial charge in [-0.1, -0.05) is 29.8 Å². The smallest absolute Gasteiger partial charge is 0.160 e. The number of aromatic amines is 1. The van der Waals surface area contributed by atoms with E-state index < -0.39 is 0 Å². The summed E-state index contributed by atoms with van der Waals surface area (Å²) >= 11 is 0. The van der Waals surface area contributed by atoms with Crippen LogP contribution in [0.4, 0.5) is 5.82 Å². The minimum Gasteiger partial charge on any atom is -0.378 e. The number of nitrogens with zero attached hydrogens (tertiary/aromatic N) is 3. The van der Waals surface area contributed by atoms with E-state index in [0.717, 1.165) is 55.6 Å². The number of nitrogens with one attached hydrogen (secondary N) is 2. The molecule has 0 aliphatic heterocycles. The summed E-state index contributed by atoms with van der Waals surface area (Å²) < 4.78 is 6.11. The third kappa shape index (κ3) is 4.02. The second-order valence-electron chi connectivity index (χ2n) is 7.08. The van der Waals surface area contributed by atoms with E-state index in [1.165, 1.54) is 11.1 Å². The Hall–Kier alpha value is -2.47. The molecule has 4 rings (SSSR count). The molecule has 0 unspecified atom stereocenters. The molecule has 1 fully saturated rings. The number of ether oxygens (including phenoxy) is 1. The lowest BCUT2D eigenvalue weighted by atomic mass is 9.93. The first kappa shape index (κ1) is 17.0. The lowest BCUT2D eigenvalue weighted by molar-refractivity contribution is 0.0282. The number of fused-ring (bicyclic) bond motifs is 1. The summed E-state index contributed by atoms with van der Waals surface area (Å²) in [6, 6.07) is 9.09. The largest absolute Gasteiger partial charge is 0.378 e. The van der Waals surface area contributed by atoms with Gasteiger partial charge in [0, 0.05) is 6.04 Å². The first-order chi connectivity index (χ1) is 12.8. The van der Waals surface area contributed by atoms with Crippen molar-refractivity contribution in [1.82, 2.24) is 20.2 Å². The van der Waals surface area contributed by atoms with Crippen LogP contribution in [0.3, 0.4) is 0 Å². The normalized spacial score (nSPS) is 20.3. The van der Waals surface area contributed by atoms with Crippen LogP contribution in [0, 0.1) is 6.92 Å². The van der Waals surface area contributed by atoms with Crippen molar-refractivity contribution in [3.63, 3.8) is 0 Å². The van der Waals surface area contributed by atoms with E-state index in [2.05, 4.69) is 56.7 Å². The number of H-pyrrole nitrogens is 1. The predicted octanol–water partition coefficient (Wildman–Crippen LogP) is 3.64. The minimum atomic E-state index is 0.372. The first-order valence-corrected chi connectivity index (χ1v) is 9.36. The molecule has 0 amide bonds. The van der Waals surface area contributed by atoms with Crippen molar-refractivity contribution in [2.75, 3.05) is 11.9 Å². The maximum atomic E-state index is 6.11. The summed E-state index contributed by atoms with van der Waals surface area (Å²) in [6.07, 6.45) is 9.07. The zero-order valence-corrected chi connectivity index (χ0v) is 15.1. The average molecular weight is 351 g/mol. The molecule has 1 saturated carbocycles. The lowest BCUT2D eigenvalue weighted by Gasteiger charge is -2.29. The number of hydrogen-bond acceptors (Lipinski definition) is 5. The molecule has 0 bridgehead atoms. The summed E-state index contributed by atoms with van der Waals surface area (Å²) in [7, 11) is 0. The lowest BCUT2D eigenvalue weighted by Crippen LogP contribution is -2.30. The zero-order valence-electron chi connectivity index (χ0n) is 15.1. The van der Waals surface area contributed by atoms with Crippen molar-refractivity contribution in [3.05, 3.63) is 47.9 Å². The highest BCUT2D eigenvalue weighted by Gasteiger charge is 2.22. The Balaban J connectivity index is 1.23. The highest BCUT2D eigenvalue weighted by molar-refractivity contribution is 5.85. The minimum absolute atomic E-state index is 0.372. The molecular weight excluding hydrogens is 326 g/mol. The van der Waals surface area contributed by atoms with Gasteiger partial charge in [-0.05, 0) is 44.6 Å². The molecule has 2 N–H and O–H groups in total. The standard InChI is InChI=1S/C20H25N5O/c1-14-3-2-4-15(11-14)9-10-26-17-7-5-16(6-8-17)24-19-18-12-23-25-20(18)22-13-21-19/h2-4,11-13,16-17H,5-10H2,1H3,(H2,21,22,23,24,25). The molecule has 0 spiro atoms. The van der Waals surface area contributed by atoms with Gasteiger partial charge in [-0.2, -0.15) is 5.10 Å². The Kier molecular flexibility index (Phi) is 5.11. The van der Waals surface area contributed by atoms with Crippen molar-refractivity contribution < 1.29 is 4.74 Å². The average Bonchev–Trinajstić information content (AvgIpc) is 3.13. The fourth-order valence-electron chi connectivity index (χ4n) is 3.66. The molecule has 2 aromatic heterocycles. The molecule has 0 saturated heterocycles. The van der Waals surface area contributed by atoms with Gasteiger partial charge in [0.1, 0.15) is 12.1 Å². The van der Waals surface area contributed by atoms with Crippen molar-refractivity contribution in [3.8, 4) is 0 Å². The highest BCUT2D eigenvalue weighted by Crippen LogP contribution is 2.26. The van der Waals surface area contributed by atoms with E-state index in [9.17, 15) is 0 Å². The molecule has 26 heavy (non-hydrogen) atoms. The Morgan fingerprint density at radius 3 is 2.92 bits per heavy atom. The third-order valence-corrected chi connectivity index (χ3v) is 5.09. The van der Waals surface area contributed by atoms with Crippen molar-refractivity contribution in [2.24, 2.45) is 0 Å². The molecule has 1 aliphatic rings. The number of benzene rings is 1. The summed E-state index contributed by atoms with van der Waals surface area (Å²) in [5.41, 5.74) is 3.44. The number of aryl methyl sites for hydroxylation is 1. The summed E-state index contributed by atoms with van der Waals surface area (Å²) in [5, 5.41) is 11.4. The molecule has 136 valence electrons. The van der Waals surface area contributed by atoms with E-state index in [1.807, 2.05) is 0 Å². The van der Waals surface area contributed by atoms with Crippen LogP contribution in [-0.4, -0.2) is 38.9 Å². The first-order valence-electron chi connectivity index (χ1n) is 9.36. The molecule has 6 nitrogen and oxygen atoms in total. The molecule has 6 heteroatoms. The maximum absolute atomic E-state index is 6.11. The van der Waals surface area contributed by atoms with Gasteiger partial charge in [0.15, 0.2) is 5.65 Å². The van der Waals surface area contributed by atoms with Gasteiger partial charge >= 0.3 is 0 Å². The van der Waals surface area contributed by atoms with Crippen LogP contribution in [0.5, 0.6) is 0 Å². The van der Waals surface area contributed by atoms with Gasteiger partial charge < -0.3 is 10.1 Å². The van der Waals surface area contributed by atoms with Crippen molar-refractivity contribution >= 4 is 16.9 Å². The summed E-state index contributed by atoms with van der Waals surface area (Å²) in [4.78, 5) is 8.55. The van der Waals surface area contributed by atoms with Gasteiger partial charge in [-0.3, -0.25) is 5.10 Å². The van der Waals surface area contributed by atoms with Crippen LogP contribution in [0.15, 0.2) is 36.8 Å². The fraction of sp³-hybridized carbons (Fsp3) is 0.450. The van der Waals surface area contributed by atoms with Gasteiger partial charge in [-0.25, -0.2) is 9.97 Å². The van der Waals surface area contributed by atoms with E-state index in [0.29, 0.717) is 12.1 Å². The SMILES string of the molecule is Cc1cccc(CCOC2CCC(Nc3ncnc4[nH]ncc34)CC2)c1. The Labute approximate surface area is 153 Å². The molecule has 0 atom stereocenters. The van der Waals surface area contributed by atoms with E-state index >= 15 is 0 Å². The summed E-state index contributed by atoms with van der Waals surface area (Å²) in [5.74, 6) is 0.868. The van der Waals surface area contributed by atoms with Crippen LogP contribution in [0.1, 0.15) is 36.8 Å². The number of aromatic nitrogens is 4. The van der Waals surface area contributed by atoms with Gasteiger partial charge in [-0.15, -0.1) is 0 Å². The Morgan fingerprint density at radius 1 is 1.19 bits per heavy atom. The van der Waals surface area contributed by atoms with Crippen LogP contribution in [0.2, 0.25) is 0 Å². The van der Waals surface area contributed by atoms with Gasteiger partial charge in [0.05, 0.1) is 24.3 Å². The molecule has 1 aromatic carbocycles. The number of anilines is 1. The Bertz CT molecular complexity index is 854. The van der Waals surface area contributed by atoms with Crippen LogP contribution < -0.4 is 5.32 Å². The maximum Gasteiger partial charge on any atom is 0.160 e. The highest BCUT2D eigenvalue weighted by atomic mass is 16.5. The molecule has 2 heterocycles. The second kappa shape index (κ2) is 7.83. The van der Waals surface area contributed by atoms with Crippen LogP contribution in [0.25, 0.3) is 11.0 Å². The van der Waals surface area contributed by atoms with Crippen molar-refractivity contribution in [1.29, 1.82) is 0 Å².